The highest BCUT2D eigenvalue weighted by molar-refractivity contribution is 5.28. The van der Waals surface area contributed by atoms with E-state index in [-0.39, 0.29) is 5.56 Å². The van der Waals surface area contributed by atoms with Gasteiger partial charge in [-0.15, -0.1) is 0 Å². The molecule has 0 aliphatic heterocycles. The first-order valence-electron chi connectivity index (χ1n) is 3.84. The lowest BCUT2D eigenvalue weighted by atomic mass is 10.0. The predicted octanol–water partition coefficient (Wildman–Crippen LogP) is 1.09. The van der Waals surface area contributed by atoms with Crippen LogP contribution in [0.2, 0.25) is 0 Å². The molecule has 0 aliphatic rings. The molecule has 1 atom stereocenters. The largest absolute Gasteiger partial charge is 0.418 e. The average molecular weight is 206 g/mol. The molecule has 0 aromatic carbocycles. The molecular formula is C8H9F3N2O. The first-order chi connectivity index (χ1) is 6.46. The molecule has 0 saturated heterocycles. The van der Waals surface area contributed by atoms with Gasteiger partial charge in [0.2, 0.25) is 0 Å². The summed E-state index contributed by atoms with van der Waals surface area (Å²) in [6.07, 6.45) is -2.58. The Labute approximate surface area is 78.4 Å². The van der Waals surface area contributed by atoms with Crippen molar-refractivity contribution in [3.8, 4) is 0 Å². The number of halogens is 3. The van der Waals surface area contributed by atoms with Crippen molar-refractivity contribution in [3.05, 3.63) is 29.6 Å². The Morgan fingerprint density at radius 1 is 1.50 bits per heavy atom. The summed E-state index contributed by atoms with van der Waals surface area (Å²) in [5.41, 5.74) is 4.27. The van der Waals surface area contributed by atoms with Gasteiger partial charge in [0.1, 0.15) is 0 Å². The second-order valence-electron chi connectivity index (χ2n) is 2.75. The maximum absolute atomic E-state index is 12.4. The summed E-state index contributed by atoms with van der Waals surface area (Å²) < 4.78 is 37.1. The first-order valence-corrected chi connectivity index (χ1v) is 3.84. The zero-order chi connectivity index (χ0) is 10.8. The maximum Gasteiger partial charge on any atom is 0.418 e. The minimum Gasteiger partial charge on any atom is -0.394 e. The predicted molar refractivity (Wildman–Crippen MR) is 43.3 cm³/mol. The Hall–Kier alpha value is -1.14. The topological polar surface area (TPSA) is 59.1 Å². The summed E-state index contributed by atoms with van der Waals surface area (Å²) in [5, 5.41) is 8.67. The van der Waals surface area contributed by atoms with E-state index in [0.29, 0.717) is 6.20 Å². The fraction of sp³-hybridized carbons (Fsp3) is 0.375. The lowest BCUT2D eigenvalue weighted by Gasteiger charge is -2.15. The molecule has 1 aromatic rings. The fourth-order valence-electron chi connectivity index (χ4n) is 1.06. The van der Waals surface area contributed by atoms with Crippen molar-refractivity contribution >= 4 is 0 Å². The van der Waals surface area contributed by atoms with Crippen LogP contribution in [0.5, 0.6) is 0 Å². The monoisotopic (exact) mass is 206 g/mol. The Bertz CT molecular complexity index is 314. The van der Waals surface area contributed by atoms with Crippen molar-refractivity contribution in [2.75, 3.05) is 6.61 Å². The Balaban J connectivity index is 3.16. The molecule has 0 spiro atoms. The van der Waals surface area contributed by atoms with E-state index in [9.17, 15) is 13.2 Å². The SMILES string of the molecule is NC(CO)c1ccncc1C(F)(F)F. The van der Waals surface area contributed by atoms with Gasteiger partial charge in [-0.25, -0.2) is 0 Å². The molecular weight excluding hydrogens is 197 g/mol. The lowest BCUT2D eigenvalue weighted by molar-refractivity contribution is -0.138. The van der Waals surface area contributed by atoms with Crippen molar-refractivity contribution < 1.29 is 18.3 Å². The summed E-state index contributed by atoms with van der Waals surface area (Å²) in [6, 6.07) is 0.124. The molecule has 0 bridgehead atoms. The Morgan fingerprint density at radius 3 is 2.64 bits per heavy atom. The normalized spacial score (nSPS) is 14.1. The van der Waals surface area contributed by atoms with Crippen molar-refractivity contribution in [2.45, 2.75) is 12.2 Å². The van der Waals surface area contributed by atoms with E-state index in [4.69, 9.17) is 10.8 Å². The van der Waals surface area contributed by atoms with Crippen LogP contribution in [0.15, 0.2) is 18.5 Å². The Kier molecular flexibility index (Phi) is 3.07. The van der Waals surface area contributed by atoms with E-state index in [1.165, 1.54) is 6.20 Å². The number of aromatic nitrogens is 1. The van der Waals surface area contributed by atoms with Crippen molar-refractivity contribution in [1.29, 1.82) is 0 Å². The maximum atomic E-state index is 12.4. The molecule has 1 rings (SSSR count). The lowest BCUT2D eigenvalue weighted by Crippen LogP contribution is -2.20. The van der Waals surface area contributed by atoms with Crippen LogP contribution >= 0.6 is 0 Å². The van der Waals surface area contributed by atoms with Gasteiger partial charge >= 0.3 is 6.18 Å². The van der Waals surface area contributed by atoms with Crippen LogP contribution in [0, 0.1) is 0 Å². The van der Waals surface area contributed by atoms with Gasteiger partial charge in [0.05, 0.1) is 18.2 Å². The van der Waals surface area contributed by atoms with Gasteiger partial charge in [0.25, 0.3) is 0 Å². The quantitative estimate of drug-likeness (QED) is 0.761. The van der Waals surface area contributed by atoms with Crippen LogP contribution in [0.25, 0.3) is 0 Å². The first kappa shape index (κ1) is 10.9. The second-order valence-corrected chi connectivity index (χ2v) is 2.75. The van der Waals surface area contributed by atoms with Crippen LogP contribution in [0.3, 0.4) is 0 Å². The van der Waals surface area contributed by atoms with E-state index in [0.717, 1.165) is 6.07 Å². The molecule has 14 heavy (non-hydrogen) atoms. The summed E-state index contributed by atoms with van der Waals surface area (Å²) >= 11 is 0. The third kappa shape index (κ3) is 2.21. The summed E-state index contributed by atoms with van der Waals surface area (Å²) in [5.74, 6) is 0. The molecule has 1 unspecified atom stereocenters. The van der Waals surface area contributed by atoms with Crippen molar-refractivity contribution in [2.24, 2.45) is 5.73 Å². The molecule has 1 aromatic heterocycles. The highest BCUT2D eigenvalue weighted by atomic mass is 19.4. The molecule has 0 amide bonds. The molecule has 0 saturated carbocycles. The van der Waals surface area contributed by atoms with E-state index >= 15 is 0 Å². The second kappa shape index (κ2) is 3.93. The summed E-state index contributed by atoms with van der Waals surface area (Å²) in [7, 11) is 0. The summed E-state index contributed by atoms with van der Waals surface area (Å²) in [6.45, 7) is -0.535. The standard InChI is InChI=1S/C8H9F3N2O/c9-8(10,11)6-3-13-2-1-5(6)7(12)4-14/h1-3,7,14H,4,12H2. The number of pyridine rings is 1. The molecule has 0 fully saturated rings. The number of hydrogen-bond donors (Lipinski definition) is 2. The minimum atomic E-state index is -4.49. The number of aliphatic hydroxyl groups is 1. The number of alkyl halides is 3. The highest BCUT2D eigenvalue weighted by Gasteiger charge is 2.34. The molecule has 0 radical (unpaired) electrons. The number of rotatable bonds is 2. The number of hydrogen-bond acceptors (Lipinski definition) is 3. The molecule has 6 heteroatoms. The van der Waals surface area contributed by atoms with Crippen molar-refractivity contribution in [1.82, 2.24) is 4.98 Å². The smallest absolute Gasteiger partial charge is 0.394 e. The van der Waals surface area contributed by atoms with Gasteiger partial charge in [-0.2, -0.15) is 13.2 Å². The third-order valence-electron chi connectivity index (χ3n) is 1.76. The number of aliphatic hydroxyl groups excluding tert-OH is 1. The van der Waals surface area contributed by atoms with E-state index in [1.54, 1.807) is 0 Å². The van der Waals surface area contributed by atoms with Gasteiger partial charge in [0.15, 0.2) is 0 Å². The van der Waals surface area contributed by atoms with E-state index in [1.807, 2.05) is 0 Å². The van der Waals surface area contributed by atoms with Gasteiger partial charge in [0, 0.05) is 12.4 Å². The molecule has 0 aliphatic carbocycles. The minimum absolute atomic E-state index is 0.144. The van der Waals surface area contributed by atoms with Crippen LogP contribution in [0.1, 0.15) is 17.2 Å². The Morgan fingerprint density at radius 2 is 2.14 bits per heavy atom. The molecule has 3 nitrogen and oxygen atoms in total. The van der Waals surface area contributed by atoms with Crippen LogP contribution in [0.4, 0.5) is 13.2 Å². The van der Waals surface area contributed by atoms with Gasteiger partial charge in [-0.1, -0.05) is 0 Å². The molecule has 78 valence electrons. The zero-order valence-electron chi connectivity index (χ0n) is 7.12. The van der Waals surface area contributed by atoms with Crippen LogP contribution in [-0.4, -0.2) is 16.7 Å². The molecule has 3 N–H and O–H groups in total. The van der Waals surface area contributed by atoms with Gasteiger partial charge in [-0.3, -0.25) is 4.98 Å². The summed E-state index contributed by atoms with van der Waals surface area (Å²) in [4.78, 5) is 3.37. The van der Waals surface area contributed by atoms with Gasteiger partial charge < -0.3 is 10.8 Å². The van der Waals surface area contributed by atoms with Crippen LogP contribution < -0.4 is 5.73 Å². The van der Waals surface area contributed by atoms with Crippen LogP contribution in [-0.2, 0) is 6.18 Å². The number of nitrogens with zero attached hydrogens (tertiary/aromatic N) is 1. The average Bonchev–Trinajstić information content (AvgIpc) is 2.15. The van der Waals surface area contributed by atoms with E-state index in [2.05, 4.69) is 4.98 Å². The highest BCUT2D eigenvalue weighted by Crippen LogP contribution is 2.33. The zero-order valence-corrected chi connectivity index (χ0v) is 7.12. The van der Waals surface area contributed by atoms with Gasteiger partial charge in [-0.05, 0) is 11.6 Å². The third-order valence-corrected chi connectivity index (χ3v) is 1.76. The van der Waals surface area contributed by atoms with E-state index < -0.39 is 24.4 Å². The number of nitrogens with two attached hydrogens (primary N) is 1. The molecule has 1 heterocycles. The fourth-order valence-corrected chi connectivity index (χ4v) is 1.06. The van der Waals surface area contributed by atoms with Crippen molar-refractivity contribution in [3.63, 3.8) is 0 Å².